The van der Waals surface area contributed by atoms with Crippen molar-refractivity contribution in [3.63, 3.8) is 0 Å². The molecule has 1 aliphatic carbocycles. The fourth-order valence-electron chi connectivity index (χ4n) is 2.94. The van der Waals surface area contributed by atoms with Gasteiger partial charge >= 0.3 is 5.97 Å². The maximum atomic E-state index is 12.5. The van der Waals surface area contributed by atoms with Crippen LogP contribution in [0.1, 0.15) is 48.2 Å². The summed E-state index contributed by atoms with van der Waals surface area (Å²) in [4.78, 5) is 23.9. The third kappa shape index (κ3) is 3.96. The van der Waals surface area contributed by atoms with Gasteiger partial charge in [0, 0.05) is 12.1 Å². The van der Waals surface area contributed by atoms with Crippen LogP contribution in [-0.2, 0) is 14.8 Å². The first-order valence-corrected chi connectivity index (χ1v) is 9.32. The van der Waals surface area contributed by atoms with Gasteiger partial charge in [0.25, 0.3) is 15.9 Å². The lowest BCUT2D eigenvalue weighted by Gasteiger charge is -2.22. The Kier molecular flexibility index (Phi) is 5.66. The van der Waals surface area contributed by atoms with E-state index in [1.54, 1.807) is 0 Å². The highest BCUT2D eigenvalue weighted by molar-refractivity contribution is 7.89. The van der Waals surface area contributed by atoms with Crippen molar-refractivity contribution in [2.75, 3.05) is 7.05 Å². The van der Waals surface area contributed by atoms with E-state index in [0.29, 0.717) is 12.8 Å². The number of sulfonamides is 1. The van der Waals surface area contributed by atoms with Crippen LogP contribution >= 0.6 is 0 Å². The summed E-state index contributed by atoms with van der Waals surface area (Å²) < 4.78 is 30.8. The summed E-state index contributed by atoms with van der Waals surface area (Å²) in [5, 5.41) is 11.7. The van der Waals surface area contributed by atoms with Gasteiger partial charge in [-0.25, -0.2) is 13.1 Å². The Morgan fingerprint density at radius 2 is 1.92 bits per heavy atom. The number of amides is 1. The maximum absolute atomic E-state index is 12.5. The number of furan rings is 1. The predicted octanol–water partition coefficient (Wildman–Crippen LogP) is 1.26. The van der Waals surface area contributed by atoms with Crippen molar-refractivity contribution in [2.45, 2.75) is 50.2 Å². The van der Waals surface area contributed by atoms with E-state index < -0.39 is 33.9 Å². The summed E-state index contributed by atoms with van der Waals surface area (Å²) in [6.45, 7) is 1.49. The Balaban J connectivity index is 2.21. The molecule has 1 aliphatic rings. The van der Waals surface area contributed by atoms with Gasteiger partial charge in [-0.15, -0.1) is 0 Å². The van der Waals surface area contributed by atoms with Gasteiger partial charge in [-0.05, 0) is 26.8 Å². The van der Waals surface area contributed by atoms with E-state index in [4.69, 9.17) is 4.42 Å². The molecule has 0 aromatic carbocycles. The summed E-state index contributed by atoms with van der Waals surface area (Å²) >= 11 is 0. The fourth-order valence-corrected chi connectivity index (χ4v) is 3.64. The van der Waals surface area contributed by atoms with E-state index in [-0.39, 0.29) is 16.4 Å². The predicted molar refractivity (Wildman–Crippen MR) is 85.2 cm³/mol. The molecule has 9 heteroatoms. The van der Waals surface area contributed by atoms with Crippen LogP contribution in [0.3, 0.4) is 0 Å². The lowest BCUT2D eigenvalue weighted by atomic mass is 9.94. The number of aryl methyl sites for hydroxylation is 1. The van der Waals surface area contributed by atoms with E-state index in [0.717, 1.165) is 25.3 Å². The van der Waals surface area contributed by atoms with E-state index in [1.165, 1.54) is 14.0 Å². The van der Waals surface area contributed by atoms with Crippen LogP contribution in [0.15, 0.2) is 15.6 Å². The molecule has 0 saturated heterocycles. The first-order valence-electron chi connectivity index (χ1n) is 7.84. The molecule has 2 rings (SSSR count). The van der Waals surface area contributed by atoms with Crippen molar-refractivity contribution < 1.29 is 27.5 Å². The molecule has 1 fully saturated rings. The second-order valence-corrected chi connectivity index (χ2v) is 7.72. The normalized spacial score (nSPS) is 21.9. The maximum Gasteiger partial charge on any atom is 0.308 e. The summed E-state index contributed by atoms with van der Waals surface area (Å²) in [5.41, 5.74) is 0.0946. The van der Waals surface area contributed by atoms with E-state index in [2.05, 4.69) is 10.0 Å². The number of carboxylic acid groups (broad SMARTS) is 1. The van der Waals surface area contributed by atoms with Crippen molar-refractivity contribution >= 4 is 21.9 Å². The van der Waals surface area contributed by atoms with Crippen LogP contribution in [-0.4, -0.2) is 38.5 Å². The zero-order valence-corrected chi connectivity index (χ0v) is 14.5. The monoisotopic (exact) mass is 358 g/mol. The minimum Gasteiger partial charge on any atom is -0.481 e. The molecule has 1 amide bonds. The van der Waals surface area contributed by atoms with Crippen LogP contribution < -0.4 is 10.0 Å². The highest BCUT2D eigenvalue weighted by Crippen LogP contribution is 2.25. The van der Waals surface area contributed by atoms with Gasteiger partial charge in [0.2, 0.25) is 5.09 Å². The first kappa shape index (κ1) is 18.5. The molecule has 0 bridgehead atoms. The van der Waals surface area contributed by atoms with Crippen LogP contribution in [0.2, 0.25) is 0 Å². The molecular formula is C15H22N2O6S. The van der Waals surface area contributed by atoms with Gasteiger partial charge < -0.3 is 14.8 Å². The van der Waals surface area contributed by atoms with Gasteiger partial charge in [-0.3, -0.25) is 9.59 Å². The Labute approximate surface area is 140 Å². The third-order valence-electron chi connectivity index (χ3n) is 4.32. The third-order valence-corrected chi connectivity index (χ3v) is 5.59. The van der Waals surface area contributed by atoms with E-state index in [9.17, 15) is 23.1 Å². The van der Waals surface area contributed by atoms with Gasteiger partial charge in [0.1, 0.15) is 5.76 Å². The highest BCUT2D eigenvalue weighted by atomic mass is 32.2. The minimum absolute atomic E-state index is 0.0946. The lowest BCUT2D eigenvalue weighted by Crippen LogP contribution is -2.42. The van der Waals surface area contributed by atoms with Crippen molar-refractivity contribution in [1.29, 1.82) is 0 Å². The number of hydrogen-bond acceptors (Lipinski definition) is 5. The average Bonchev–Trinajstić information content (AvgIpc) is 2.77. The molecule has 1 aromatic heterocycles. The number of nitrogens with one attached hydrogen (secondary N) is 2. The zero-order valence-electron chi connectivity index (χ0n) is 13.7. The minimum atomic E-state index is -3.79. The van der Waals surface area contributed by atoms with Crippen molar-refractivity contribution in [2.24, 2.45) is 5.92 Å². The number of aliphatic carboxylic acids is 1. The van der Waals surface area contributed by atoms with Crippen molar-refractivity contribution in [3.8, 4) is 0 Å². The summed E-state index contributed by atoms with van der Waals surface area (Å²) in [5.74, 6) is -1.91. The summed E-state index contributed by atoms with van der Waals surface area (Å²) in [6.07, 6.45) is 3.70. The van der Waals surface area contributed by atoms with Gasteiger partial charge in [0.15, 0.2) is 0 Å². The molecule has 0 spiro atoms. The quantitative estimate of drug-likeness (QED) is 0.680. The fraction of sp³-hybridized carbons (Fsp3) is 0.600. The van der Waals surface area contributed by atoms with E-state index >= 15 is 0 Å². The molecule has 1 aromatic rings. The first-order chi connectivity index (χ1) is 11.3. The molecule has 2 atom stereocenters. The lowest BCUT2D eigenvalue weighted by molar-refractivity contribution is -0.142. The Morgan fingerprint density at radius 3 is 2.54 bits per heavy atom. The standard InChI is InChI=1S/C15H22N2O6S/c1-9-11(8-13(23-9)24(21,22)16-2)14(18)17-12-7-5-3-4-6-10(12)15(19)20/h8,10,12,16H,3-7H2,1-2H3,(H,17,18)(H,19,20)/t10-,12+/m1/s1. The molecule has 0 aliphatic heterocycles. The van der Waals surface area contributed by atoms with Crippen molar-refractivity contribution in [1.82, 2.24) is 10.0 Å². The smallest absolute Gasteiger partial charge is 0.308 e. The molecule has 134 valence electrons. The van der Waals surface area contributed by atoms with Crippen LogP contribution in [0.5, 0.6) is 0 Å². The van der Waals surface area contributed by atoms with Gasteiger partial charge in [-0.2, -0.15) is 0 Å². The second kappa shape index (κ2) is 7.35. The van der Waals surface area contributed by atoms with Crippen LogP contribution in [0.25, 0.3) is 0 Å². The SMILES string of the molecule is CNS(=O)(=O)c1cc(C(=O)N[C@H]2CCCCC[C@H]2C(=O)O)c(C)o1. The highest BCUT2D eigenvalue weighted by Gasteiger charge is 2.32. The largest absolute Gasteiger partial charge is 0.481 e. The summed E-state index contributed by atoms with van der Waals surface area (Å²) in [6, 6.07) is 0.680. The molecule has 8 nitrogen and oxygen atoms in total. The Morgan fingerprint density at radius 1 is 1.25 bits per heavy atom. The Bertz CT molecular complexity index is 724. The second-order valence-electron chi connectivity index (χ2n) is 5.91. The molecule has 1 saturated carbocycles. The number of carbonyl (C=O) groups excluding carboxylic acids is 1. The van der Waals surface area contributed by atoms with Crippen LogP contribution in [0, 0.1) is 12.8 Å². The summed E-state index contributed by atoms with van der Waals surface area (Å²) in [7, 11) is -2.54. The van der Waals surface area contributed by atoms with Crippen LogP contribution in [0.4, 0.5) is 0 Å². The topological polar surface area (TPSA) is 126 Å². The molecule has 0 unspecified atom stereocenters. The number of hydrogen-bond donors (Lipinski definition) is 3. The zero-order chi connectivity index (χ0) is 17.9. The van der Waals surface area contributed by atoms with E-state index in [1.807, 2.05) is 0 Å². The Hall–Kier alpha value is -1.87. The number of carbonyl (C=O) groups is 2. The van der Waals surface area contributed by atoms with Crippen molar-refractivity contribution in [3.05, 3.63) is 17.4 Å². The molecule has 1 heterocycles. The average molecular weight is 358 g/mol. The van der Waals surface area contributed by atoms with Gasteiger partial charge in [-0.1, -0.05) is 19.3 Å². The molecular weight excluding hydrogens is 336 g/mol. The molecule has 24 heavy (non-hydrogen) atoms. The molecule has 3 N–H and O–H groups in total. The molecule has 0 radical (unpaired) electrons. The number of carboxylic acids is 1. The van der Waals surface area contributed by atoms with Gasteiger partial charge in [0.05, 0.1) is 11.5 Å². The number of rotatable bonds is 5.